The third-order valence-corrected chi connectivity index (χ3v) is 10.8. The van der Waals surface area contributed by atoms with Gasteiger partial charge in [0, 0.05) is 31.0 Å². The van der Waals surface area contributed by atoms with Crippen molar-refractivity contribution < 1.29 is 28.5 Å². The lowest BCUT2D eigenvalue weighted by Gasteiger charge is -2.54. The Morgan fingerprint density at radius 2 is 2.32 bits per heavy atom. The number of carbonyl (C=O) groups excluding carboxylic acids is 2. The van der Waals surface area contributed by atoms with Crippen molar-refractivity contribution in [3.05, 3.63) is 29.6 Å². The highest BCUT2D eigenvalue weighted by molar-refractivity contribution is 8.00. The molecule has 0 radical (unpaired) electrons. The number of aryl methyl sites for hydroxylation is 1. The Morgan fingerprint density at radius 1 is 1.55 bits per heavy atom. The van der Waals surface area contributed by atoms with Crippen LogP contribution in [-0.4, -0.2) is 71.1 Å². The van der Waals surface area contributed by atoms with Gasteiger partial charge in [-0.15, -0.1) is 16.1 Å². The molecule has 2 fully saturated rings. The Hall–Kier alpha value is -1.67. The zero-order valence-corrected chi connectivity index (χ0v) is 19.8. The number of thiophene rings is 1. The Morgan fingerprint density at radius 3 is 2.90 bits per heavy atom. The summed E-state index contributed by atoms with van der Waals surface area (Å²) >= 11 is 2.02. The van der Waals surface area contributed by atoms with Crippen molar-refractivity contribution in [1.29, 1.82) is 0 Å². The first kappa shape index (κ1) is 22.5. The molecule has 0 aromatic carbocycles. The van der Waals surface area contributed by atoms with Crippen molar-refractivity contribution in [3.8, 4) is 0 Å². The van der Waals surface area contributed by atoms with Gasteiger partial charge in [0.15, 0.2) is 17.5 Å². The van der Waals surface area contributed by atoms with Gasteiger partial charge in [-0.1, -0.05) is 23.1 Å². The van der Waals surface area contributed by atoms with E-state index in [1.165, 1.54) is 53.1 Å². The summed E-state index contributed by atoms with van der Waals surface area (Å²) in [5.41, 5.74) is -0.486. The van der Waals surface area contributed by atoms with E-state index >= 15 is 0 Å². The highest BCUT2D eigenvalue weighted by Crippen LogP contribution is 2.47. The number of rotatable bonds is 7. The summed E-state index contributed by atoms with van der Waals surface area (Å²) in [5, 5.41) is 11.8. The average molecular weight is 502 g/mol. The Balaban J connectivity index is 1.50. The third kappa shape index (κ3) is 3.97. The predicted octanol–water partition coefficient (Wildman–Crippen LogP) is 2.06. The number of carboxylic acids is 1. The molecule has 9 nitrogen and oxygen atoms in total. The van der Waals surface area contributed by atoms with E-state index in [1.54, 1.807) is 24.4 Å². The van der Waals surface area contributed by atoms with Crippen LogP contribution in [0.3, 0.4) is 0 Å². The van der Waals surface area contributed by atoms with Crippen molar-refractivity contribution in [2.24, 2.45) is 5.41 Å². The van der Waals surface area contributed by atoms with Crippen LogP contribution in [0.15, 0.2) is 37.6 Å². The Bertz CT molecular complexity index is 998. The largest absolute Gasteiger partial charge is 0.587 e. The minimum Gasteiger partial charge on any atom is -0.587 e. The third-order valence-electron chi connectivity index (χ3n) is 5.16. The van der Waals surface area contributed by atoms with Crippen LogP contribution in [-0.2, 0) is 25.7 Å². The number of carboxylic acid groups (broad SMARTS) is 1. The van der Waals surface area contributed by atoms with E-state index in [4.69, 9.17) is 4.42 Å². The molecule has 3 unspecified atom stereocenters. The fourth-order valence-corrected chi connectivity index (χ4v) is 8.58. The van der Waals surface area contributed by atoms with Crippen LogP contribution in [0.4, 0.5) is 0 Å². The molecule has 0 spiro atoms. The molecule has 0 aliphatic carbocycles. The summed E-state index contributed by atoms with van der Waals surface area (Å²) < 4.78 is 19.8. The number of carbonyl (C=O) groups is 3. The molecule has 31 heavy (non-hydrogen) atoms. The number of fused-ring (bicyclic) bond motifs is 1. The maximum atomic E-state index is 13.0. The first-order chi connectivity index (χ1) is 14.7. The standard InChI is InChI=1S/C18H19N3O6S4/c1-10-16(27-9-19-10)30-8-18(17(24)25)6-20-14(23)13(15(20)29-7-18)21(11(2)22)31(26)12-4-3-5-28-12/h3-5,9,13,15H,6-8H2,1-2H3,(H,24,25)/t13?,15-,18?,31?/m1/s1. The van der Waals surface area contributed by atoms with Gasteiger partial charge in [0.2, 0.25) is 4.21 Å². The highest BCUT2D eigenvalue weighted by Gasteiger charge is 2.62. The summed E-state index contributed by atoms with van der Waals surface area (Å²) in [6.07, 6.45) is 1.31. The van der Waals surface area contributed by atoms with E-state index in [-0.39, 0.29) is 24.0 Å². The molecule has 4 rings (SSSR count). The monoisotopic (exact) mass is 501 g/mol. The molecule has 166 valence electrons. The van der Waals surface area contributed by atoms with E-state index in [9.17, 15) is 24.0 Å². The van der Waals surface area contributed by atoms with Crippen molar-refractivity contribution in [1.82, 2.24) is 14.2 Å². The number of nitrogens with zero attached hydrogens (tertiary/aromatic N) is 3. The molecule has 4 atom stereocenters. The maximum Gasteiger partial charge on any atom is 0.313 e. The molecule has 0 saturated carbocycles. The molecule has 2 aromatic heterocycles. The van der Waals surface area contributed by atoms with Gasteiger partial charge in [0.05, 0.1) is 5.69 Å². The molecule has 2 aromatic rings. The second kappa shape index (κ2) is 8.70. The van der Waals surface area contributed by atoms with Crippen LogP contribution >= 0.6 is 34.9 Å². The van der Waals surface area contributed by atoms with Crippen molar-refractivity contribution in [3.63, 3.8) is 0 Å². The SMILES string of the molecule is CC(=O)N(C1C(=O)N2CC(CSc3ocnc3C)(C(=O)O)CS[C@H]12)[S+]([O-])c1cccs1. The first-order valence-corrected chi connectivity index (χ1v) is 13.2. The second-order valence-corrected chi connectivity index (χ2v) is 11.8. The predicted molar refractivity (Wildman–Crippen MR) is 117 cm³/mol. The number of β-lactam (4-membered cyclic amide) rings is 1. The number of oxazole rings is 1. The van der Waals surface area contributed by atoms with Crippen LogP contribution in [0.1, 0.15) is 12.6 Å². The van der Waals surface area contributed by atoms with E-state index in [0.29, 0.717) is 15.0 Å². The van der Waals surface area contributed by atoms with Crippen LogP contribution in [0.2, 0.25) is 0 Å². The van der Waals surface area contributed by atoms with E-state index in [1.807, 2.05) is 0 Å². The Labute approximate surface area is 193 Å². The summed E-state index contributed by atoms with van der Waals surface area (Å²) in [6.45, 7) is 3.08. The van der Waals surface area contributed by atoms with Gasteiger partial charge in [-0.3, -0.25) is 14.4 Å². The van der Waals surface area contributed by atoms with Gasteiger partial charge < -0.3 is 19.0 Å². The molecule has 2 aliphatic heterocycles. The van der Waals surface area contributed by atoms with Gasteiger partial charge in [0.1, 0.15) is 22.2 Å². The van der Waals surface area contributed by atoms with E-state index in [2.05, 4.69) is 4.98 Å². The van der Waals surface area contributed by atoms with Crippen LogP contribution < -0.4 is 0 Å². The molecule has 4 heterocycles. The van der Waals surface area contributed by atoms with Gasteiger partial charge in [-0.25, -0.2) is 4.98 Å². The lowest BCUT2D eigenvalue weighted by molar-refractivity contribution is -0.161. The first-order valence-electron chi connectivity index (χ1n) is 9.19. The lowest BCUT2D eigenvalue weighted by atomic mass is 9.89. The van der Waals surface area contributed by atoms with Crippen molar-refractivity contribution in [2.75, 3.05) is 18.1 Å². The van der Waals surface area contributed by atoms with Crippen molar-refractivity contribution >= 4 is 64.0 Å². The second-order valence-electron chi connectivity index (χ2n) is 7.24. The summed E-state index contributed by atoms with van der Waals surface area (Å²) in [6, 6.07) is 2.51. The molecule has 2 aliphatic rings. The lowest BCUT2D eigenvalue weighted by Crippen LogP contribution is -2.74. The molecular formula is C18H19N3O6S4. The van der Waals surface area contributed by atoms with E-state index < -0.39 is 40.1 Å². The van der Waals surface area contributed by atoms with E-state index in [0.717, 1.165) is 4.31 Å². The number of thioether (sulfide) groups is 2. The van der Waals surface area contributed by atoms with Crippen LogP contribution in [0.25, 0.3) is 0 Å². The van der Waals surface area contributed by atoms with Crippen molar-refractivity contribution in [2.45, 2.75) is 34.6 Å². The number of hydrogen-bond donors (Lipinski definition) is 1. The fraction of sp³-hybridized carbons (Fsp3) is 0.444. The molecule has 13 heteroatoms. The maximum absolute atomic E-state index is 13.0. The molecule has 2 saturated heterocycles. The minimum atomic E-state index is -1.79. The number of hydrogen-bond acceptors (Lipinski definition) is 9. The summed E-state index contributed by atoms with van der Waals surface area (Å²) in [4.78, 5) is 42.9. The number of aliphatic carboxylic acids is 1. The van der Waals surface area contributed by atoms with Gasteiger partial charge in [-0.05, 0) is 18.4 Å². The highest BCUT2D eigenvalue weighted by atomic mass is 32.2. The average Bonchev–Trinajstić information content (AvgIpc) is 3.41. The topological polar surface area (TPSA) is 127 Å². The molecule has 1 N–H and O–H groups in total. The number of aromatic nitrogens is 1. The zero-order valence-electron chi connectivity index (χ0n) is 16.5. The number of amides is 2. The quantitative estimate of drug-likeness (QED) is 0.344. The van der Waals surface area contributed by atoms with Crippen LogP contribution in [0.5, 0.6) is 0 Å². The van der Waals surface area contributed by atoms with Crippen LogP contribution in [0, 0.1) is 12.3 Å². The minimum absolute atomic E-state index is 0.0207. The normalized spacial score (nSPS) is 26.2. The van der Waals surface area contributed by atoms with Gasteiger partial charge in [-0.2, -0.15) is 0 Å². The van der Waals surface area contributed by atoms with Gasteiger partial charge >= 0.3 is 5.97 Å². The molecule has 2 amide bonds. The zero-order chi connectivity index (χ0) is 22.3. The molecule has 0 bridgehead atoms. The summed E-state index contributed by atoms with van der Waals surface area (Å²) in [5.74, 6) is -1.37. The Kier molecular flexibility index (Phi) is 6.32. The fourth-order valence-electron chi connectivity index (χ4n) is 3.47. The van der Waals surface area contributed by atoms with Gasteiger partial charge in [0.25, 0.3) is 11.8 Å². The molecular weight excluding hydrogens is 482 g/mol. The summed E-state index contributed by atoms with van der Waals surface area (Å²) in [7, 11) is 0. The smallest absolute Gasteiger partial charge is 0.313 e.